The van der Waals surface area contributed by atoms with Gasteiger partial charge >= 0.3 is 0 Å². The first kappa shape index (κ1) is 13.8. The number of fused-ring (bicyclic) bond motifs is 1. The van der Waals surface area contributed by atoms with E-state index in [-0.39, 0.29) is 4.90 Å². The number of likely N-dealkylation sites (N-methyl/N-ethyl adjacent to an activating group) is 1. The Labute approximate surface area is 123 Å². The molecule has 0 bridgehead atoms. The van der Waals surface area contributed by atoms with Gasteiger partial charge < -0.3 is 4.90 Å². The van der Waals surface area contributed by atoms with E-state index >= 15 is 0 Å². The van der Waals surface area contributed by atoms with Crippen molar-refractivity contribution in [2.75, 3.05) is 11.9 Å². The van der Waals surface area contributed by atoms with Crippen molar-refractivity contribution in [3.05, 3.63) is 59.7 Å². The van der Waals surface area contributed by atoms with Crippen molar-refractivity contribution in [2.45, 2.75) is 17.1 Å². The topological polar surface area (TPSA) is 54.5 Å². The molecule has 0 N–H and O–H groups in total. The second-order valence-corrected chi connectivity index (χ2v) is 7.23. The zero-order valence-corrected chi connectivity index (χ0v) is 12.6. The van der Waals surface area contributed by atoms with Gasteiger partial charge in [0.05, 0.1) is 4.90 Å². The van der Waals surface area contributed by atoms with E-state index in [1.807, 2.05) is 6.92 Å². The normalized spacial score (nSPS) is 17.9. The molecule has 2 aromatic rings. The van der Waals surface area contributed by atoms with E-state index in [1.54, 1.807) is 55.6 Å². The summed E-state index contributed by atoms with van der Waals surface area (Å²) >= 11 is 0. The molecule has 2 aromatic carbocycles. The molecule has 0 aromatic heterocycles. The third kappa shape index (κ3) is 2.05. The molecule has 3 rings (SSSR count). The molecule has 1 atom stereocenters. The van der Waals surface area contributed by atoms with E-state index in [1.165, 1.54) is 4.90 Å². The van der Waals surface area contributed by atoms with Crippen LogP contribution in [-0.4, -0.2) is 21.4 Å². The Morgan fingerprint density at radius 1 is 1.00 bits per heavy atom. The number of carbonyl (C=O) groups excluding carboxylic acids is 1. The maximum absolute atomic E-state index is 12.8. The van der Waals surface area contributed by atoms with Crippen LogP contribution in [0, 0.1) is 6.92 Å². The first-order valence-electron chi connectivity index (χ1n) is 6.60. The van der Waals surface area contributed by atoms with Gasteiger partial charge in [0.15, 0.2) is 15.1 Å². The lowest BCUT2D eigenvalue weighted by atomic mass is 10.2. The number of amides is 1. The first-order chi connectivity index (χ1) is 9.93. The van der Waals surface area contributed by atoms with Crippen LogP contribution in [0.1, 0.15) is 16.4 Å². The highest BCUT2D eigenvalue weighted by Crippen LogP contribution is 2.41. The largest absolute Gasteiger partial charge is 0.314 e. The fourth-order valence-corrected chi connectivity index (χ4v) is 4.35. The SMILES string of the molecule is Cc1ccc(S(=O)(=O)C2C(=O)N(C)c3ccccc32)cc1. The molecule has 0 spiro atoms. The number of sulfone groups is 1. The third-order valence-electron chi connectivity index (χ3n) is 3.80. The standard InChI is InChI=1S/C16H15NO3S/c1-11-7-9-12(10-8-11)21(19,20)15-13-5-3-4-6-14(13)17(2)16(15)18/h3-10,15H,1-2H3. The molecule has 1 unspecified atom stereocenters. The fourth-order valence-electron chi connectivity index (χ4n) is 2.61. The minimum Gasteiger partial charge on any atom is -0.314 e. The van der Waals surface area contributed by atoms with Crippen LogP contribution < -0.4 is 4.90 Å². The molecule has 5 heteroatoms. The van der Waals surface area contributed by atoms with E-state index in [4.69, 9.17) is 0 Å². The van der Waals surface area contributed by atoms with E-state index < -0.39 is 21.0 Å². The van der Waals surface area contributed by atoms with Gasteiger partial charge in [0.25, 0.3) is 0 Å². The van der Waals surface area contributed by atoms with Crippen LogP contribution >= 0.6 is 0 Å². The van der Waals surface area contributed by atoms with E-state index in [0.29, 0.717) is 11.3 Å². The van der Waals surface area contributed by atoms with Gasteiger partial charge in [-0.05, 0) is 25.1 Å². The smallest absolute Gasteiger partial charge is 0.250 e. The summed E-state index contributed by atoms with van der Waals surface area (Å²) < 4.78 is 25.6. The molecular weight excluding hydrogens is 286 g/mol. The molecule has 21 heavy (non-hydrogen) atoms. The van der Waals surface area contributed by atoms with Crippen LogP contribution in [0.15, 0.2) is 53.4 Å². The Morgan fingerprint density at radius 3 is 2.29 bits per heavy atom. The van der Waals surface area contributed by atoms with Gasteiger partial charge in [-0.15, -0.1) is 0 Å². The zero-order valence-electron chi connectivity index (χ0n) is 11.8. The summed E-state index contributed by atoms with van der Waals surface area (Å²) in [5, 5.41) is -1.15. The molecule has 0 saturated heterocycles. The van der Waals surface area contributed by atoms with Gasteiger partial charge in [0, 0.05) is 18.3 Å². The van der Waals surface area contributed by atoms with Crippen LogP contribution in [-0.2, 0) is 14.6 Å². The summed E-state index contributed by atoms with van der Waals surface area (Å²) in [7, 11) is -2.14. The molecule has 1 heterocycles. The van der Waals surface area contributed by atoms with Crippen LogP contribution in [0.4, 0.5) is 5.69 Å². The lowest BCUT2D eigenvalue weighted by Crippen LogP contribution is -2.28. The van der Waals surface area contributed by atoms with Crippen molar-refractivity contribution in [1.29, 1.82) is 0 Å². The first-order valence-corrected chi connectivity index (χ1v) is 8.14. The summed E-state index contributed by atoms with van der Waals surface area (Å²) in [4.78, 5) is 14.0. The van der Waals surface area contributed by atoms with Crippen LogP contribution in [0.2, 0.25) is 0 Å². The van der Waals surface area contributed by atoms with Gasteiger partial charge in [0.2, 0.25) is 5.91 Å². The Kier molecular flexibility index (Phi) is 3.10. The van der Waals surface area contributed by atoms with Crippen molar-refractivity contribution >= 4 is 21.4 Å². The summed E-state index contributed by atoms with van der Waals surface area (Å²) in [6.45, 7) is 1.89. The number of hydrogen-bond acceptors (Lipinski definition) is 3. The molecular formula is C16H15NO3S. The average Bonchev–Trinajstić information content (AvgIpc) is 2.72. The third-order valence-corrected chi connectivity index (χ3v) is 5.80. The number of rotatable bonds is 2. The van der Waals surface area contributed by atoms with E-state index in [9.17, 15) is 13.2 Å². The lowest BCUT2D eigenvalue weighted by molar-refractivity contribution is -0.117. The molecule has 0 radical (unpaired) electrons. The lowest BCUT2D eigenvalue weighted by Gasteiger charge is -2.12. The Hall–Kier alpha value is -2.14. The summed E-state index contributed by atoms with van der Waals surface area (Å²) in [6, 6.07) is 13.6. The molecule has 0 saturated carbocycles. The zero-order chi connectivity index (χ0) is 15.2. The summed E-state index contributed by atoms with van der Waals surface area (Å²) in [5.41, 5.74) is 2.18. The highest BCUT2D eigenvalue weighted by molar-refractivity contribution is 7.92. The monoisotopic (exact) mass is 301 g/mol. The van der Waals surface area contributed by atoms with Crippen molar-refractivity contribution in [2.24, 2.45) is 0 Å². The Morgan fingerprint density at radius 2 is 1.62 bits per heavy atom. The van der Waals surface area contributed by atoms with Crippen LogP contribution in [0.25, 0.3) is 0 Å². The van der Waals surface area contributed by atoms with Crippen molar-refractivity contribution in [1.82, 2.24) is 0 Å². The molecule has 108 valence electrons. The number of para-hydroxylation sites is 1. The van der Waals surface area contributed by atoms with Gasteiger partial charge in [0.1, 0.15) is 0 Å². The summed E-state index contributed by atoms with van der Waals surface area (Å²) in [6.07, 6.45) is 0. The number of hydrogen-bond donors (Lipinski definition) is 0. The number of benzene rings is 2. The average molecular weight is 301 g/mol. The van der Waals surface area contributed by atoms with Gasteiger partial charge in [-0.3, -0.25) is 4.79 Å². The molecule has 0 fully saturated rings. The summed E-state index contributed by atoms with van der Waals surface area (Å²) in [5.74, 6) is -0.406. The number of aryl methyl sites for hydroxylation is 1. The predicted molar refractivity (Wildman–Crippen MR) is 81.0 cm³/mol. The van der Waals surface area contributed by atoms with E-state index in [0.717, 1.165) is 5.56 Å². The highest BCUT2D eigenvalue weighted by atomic mass is 32.2. The van der Waals surface area contributed by atoms with E-state index in [2.05, 4.69) is 0 Å². The van der Waals surface area contributed by atoms with Crippen molar-refractivity contribution in [3.63, 3.8) is 0 Å². The maximum atomic E-state index is 12.8. The van der Waals surface area contributed by atoms with Gasteiger partial charge in [-0.2, -0.15) is 0 Å². The van der Waals surface area contributed by atoms with Crippen molar-refractivity contribution < 1.29 is 13.2 Å². The number of carbonyl (C=O) groups is 1. The number of anilines is 1. The molecule has 1 aliphatic rings. The van der Waals surface area contributed by atoms with Crippen LogP contribution in [0.3, 0.4) is 0 Å². The molecule has 4 nitrogen and oxygen atoms in total. The molecule has 1 amide bonds. The molecule has 0 aliphatic carbocycles. The van der Waals surface area contributed by atoms with Gasteiger partial charge in [-0.25, -0.2) is 8.42 Å². The minimum absolute atomic E-state index is 0.177. The van der Waals surface area contributed by atoms with Crippen LogP contribution in [0.5, 0.6) is 0 Å². The molecule has 1 aliphatic heterocycles. The second-order valence-electron chi connectivity index (χ2n) is 5.19. The second kappa shape index (κ2) is 4.70. The Balaban J connectivity index is 2.16. The number of nitrogens with zero attached hydrogens (tertiary/aromatic N) is 1. The van der Waals surface area contributed by atoms with Gasteiger partial charge in [-0.1, -0.05) is 35.9 Å². The predicted octanol–water partition coefficient (Wildman–Crippen LogP) is 2.49. The minimum atomic E-state index is -3.74. The maximum Gasteiger partial charge on any atom is 0.250 e. The van der Waals surface area contributed by atoms with Crippen molar-refractivity contribution in [3.8, 4) is 0 Å². The Bertz CT molecular complexity index is 810. The highest BCUT2D eigenvalue weighted by Gasteiger charge is 2.44. The fraction of sp³-hybridized carbons (Fsp3) is 0.188. The quantitative estimate of drug-likeness (QED) is 0.856.